The fourth-order valence-corrected chi connectivity index (χ4v) is 4.27. The molecule has 4 rings (SSSR count). The summed E-state index contributed by atoms with van der Waals surface area (Å²) in [6, 6.07) is 26.5. The topological polar surface area (TPSA) is 87.6 Å². The molecule has 7 heteroatoms. The Morgan fingerprint density at radius 3 is 2.28 bits per heavy atom. The van der Waals surface area contributed by atoms with E-state index in [1.807, 2.05) is 49.4 Å². The van der Waals surface area contributed by atoms with Crippen LogP contribution in [0, 0.1) is 6.92 Å². The zero-order valence-electron chi connectivity index (χ0n) is 17.3. The zero-order valence-corrected chi connectivity index (χ0v) is 18.1. The summed E-state index contributed by atoms with van der Waals surface area (Å²) in [4.78, 5) is 12.6. The van der Waals surface area contributed by atoms with E-state index in [9.17, 15) is 13.2 Å². The van der Waals surface area contributed by atoms with Gasteiger partial charge in [0.1, 0.15) is 0 Å². The zero-order chi connectivity index (χ0) is 22.6. The van der Waals surface area contributed by atoms with Crippen molar-refractivity contribution in [3.05, 3.63) is 108 Å². The predicted molar refractivity (Wildman–Crippen MR) is 127 cm³/mol. The first-order valence-corrected chi connectivity index (χ1v) is 11.4. The molecule has 0 aliphatic heterocycles. The highest BCUT2D eigenvalue weighted by Gasteiger charge is 2.14. The van der Waals surface area contributed by atoms with Gasteiger partial charge in [-0.25, -0.2) is 13.8 Å². The van der Waals surface area contributed by atoms with E-state index in [-0.39, 0.29) is 4.90 Å². The molecule has 32 heavy (non-hydrogen) atoms. The third-order valence-corrected chi connectivity index (χ3v) is 6.32. The smallest absolute Gasteiger partial charge is 0.271 e. The van der Waals surface area contributed by atoms with Crippen LogP contribution in [0.3, 0.4) is 0 Å². The number of sulfonamides is 1. The summed E-state index contributed by atoms with van der Waals surface area (Å²) in [5.74, 6) is -0.394. The van der Waals surface area contributed by atoms with Crippen molar-refractivity contribution in [1.82, 2.24) is 5.43 Å². The molecule has 0 aliphatic rings. The van der Waals surface area contributed by atoms with Crippen LogP contribution in [0.2, 0.25) is 0 Å². The van der Waals surface area contributed by atoms with Gasteiger partial charge in [0, 0.05) is 16.8 Å². The van der Waals surface area contributed by atoms with E-state index in [1.165, 1.54) is 24.3 Å². The molecule has 0 heterocycles. The summed E-state index contributed by atoms with van der Waals surface area (Å²) < 4.78 is 27.5. The average molecular weight is 444 g/mol. The van der Waals surface area contributed by atoms with Crippen LogP contribution in [-0.4, -0.2) is 20.5 Å². The molecule has 0 spiro atoms. The molecule has 0 aromatic heterocycles. The van der Waals surface area contributed by atoms with E-state index in [0.717, 1.165) is 21.9 Å². The third-order valence-electron chi connectivity index (χ3n) is 4.92. The standard InChI is InChI=1S/C25H21N3O3S/c1-18-9-15-23(16-10-18)32(30,31)28-22-13-11-20(12-14-22)25(29)27-26-17-21-7-4-6-19-5-2-3-8-24(19)21/h2-17,28H,1H3,(H,27,29). The molecule has 0 unspecified atom stereocenters. The van der Waals surface area contributed by atoms with Gasteiger partial charge in [-0.1, -0.05) is 60.2 Å². The molecule has 2 N–H and O–H groups in total. The Balaban J connectivity index is 1.42. The third kappa shape index (κ3) is 4.84. The number of fused-ring (bicyclic) bond motifs is 1. The Bertz CT molecular complexity index is 1390. The second-order valence-electron chi connectivity index (χ2n) is 7.26. The van der Waals surface area contributed by atoms with Crippen molar-refractivity contribution >= 4 is 38.6 Å². The van der Waals surface area contributed by atoms with Crippen molar-refractivity contribution in [2.75, 3.05) is 4.72 Å². The van der Waals surface area contributed by atoms with Gasteiger partial charge in [-0.2, -0.15) is 5.10 Å². The lowest BCUT2D eigenvalue weighted by atomic mass is 10.1. The van der Waals surface area contributed by atoms with E-state index in [0.29, 0.717) is 11.3 Å². The minimum absolute atomic E-state index is 0.174. The summed E-state index contributed by atoms with van der Waals surface area (Å²) in [5, 5.41) is 6.19. The SMILES string of the molecule is Cc1ccc(S(=O)(=O)Nc2ccc(C(=O)NN=Cc3cccc4ccccc34)cc2)cc1. The Kier molecular flexibility index (Phi) is 6.00. The summed E-state index contributed by atoms with van der Waals surface area (Å²) in [6.07, 6.45) is 1.60. The number of rotatable bonds is 6. The Hall–Kier alpha value is -3.97. The van der Waals surface area contributed by atoms with Crippen LogP contribution in [0.4, 0.5) is 5.69 Å². The number of hydrogen-bond acceptors (Lipinski definition) is 4. The van der Waals surface area contributed by atoms with Gasteiger partial charge in [-0.15, -0.1) is 0 Å². The van der Waals surface area contributed by atoms with Gasteiger partial charge in [-0.3, -0.25) is 9.52 Å². The number of amides is 1. The second-order valence-corrected chi connectivity index (χ2v) is 8.95. The summed E-state index contributed by atoms with van der Waals surface area (Å²) >= 11 is 0. The van der Waals surface area contributed by atoms with Gasteiger partial charge >= 0.3 is 0 Å². The van der Waals surface area contributed by atoms with E-state index >= 15 is 0 Å². The lowest BCUT2D eigenvalue weighted by molar-refractivity contribution is 0.0955. The molecule has 4 aromatic rings. The van der Waals surface area contributed by atoms with Gasteiger partial charge in [-0.05, 0) is 54.1 Å². The van der Waals surface area contributed by atoms with E-state index in [2.05, 4.69) is 15.2 Å². The molecule has 0 bridgehead atoms. The molecule has 6 nitrogen and oxygen atoms in total. The molecule has 0 saturated heterocycles. The molecular weight excluding hydrogens is 422 g/mol. The highest BCUT2D eigenvalue weighted by molar-refractivity contribution is 7.92. The maximum absolute atomic E-state index is 12.5. The van der Waals surface area contributed by atoms with Crippen molar-refractivity contribution in [1.29, 1.82) is 0 Å². The molecule has 0 aliphatic carbocycles. The van der Waals surface area contributed by atoms with Crippen molar-refractivity contribution in [3.8, 4) is 0 Å². The number of hydrogen-bond donors (Lipinski definition) is 2. The molecule has 4 aromatic carbocycles. The molecule has 160 valence electrons. The van der Waals surface area contributed by atoms with E-state index < -0.39 is 15.9 Å². The van der Waals surface area contributed by atoms with Crippen LogP contribution < -0.4 is 10.1 Å². The molecule has 1 amide bonds. The lowest BCUT2D eigenvalue weighted by Crippen LogP contribution is -2.18. The lowest BCUT2D eigenvalue weighted by Gasteiger charge is -2.09. The second kappa shape index (κ2) is 9.03. The average Bonchev–Trinajstić information content (AvgIpc) is 2.80. The van der Waals surface area contributed by atoms with Crippen LogP contribution in [-0.2, 0) is 10.0 Å². The quantitative estimate of drug-likeness (QED) is 0.334. The van der Waals surface area contributed by atoms with Crippen LogP contribution in [0.5, 0.6) is 0 Å². The molecule has 0 radical (unpaired) electrons. The minimum Gasteiger partial charge on any atom is -0.280 e. The minimum atomic E-state index is -3.70. The Morgan fingerprint density at radius 2 is 1.53 bits per heavy atom. The first kappa shape index (κ1) is 21.3. The molecule has 0 fully saturated rings. The van der Waals surface area contributed by atoms with Gasteiger partial charge in [0.15, 0.2) is 0 Å². The number of nitrogens with one attached hydrogen (secondary N) is 2. The fraction of sp³-hybridized carbons (Fsp3) is 0.0400. The van der Waals surface area contributed by atoms with Crippen LogP contribution in [0.15, 0.2) is 101 Å². The summed E-state index contributed by atoms with van der Waals surface area (Å²) in [6.45, 7) is 1.89. The maximum atomic E-state index is 12.5. The van der Waals surface area contributed by atoms with E-state index in [1.54, 1.807) is 30.5 Å². The largest absolute Gasteiger partial charge is 0.280 e. The number of nitrogens with zero attached hydrogens (tertiary/aromatic N) is 1. The van der Waals surface area contributed by atoms with Crippen LogP contribution >= 0.6 is 0 Å². The van der Waals surface area contributed by atoms with Crippen molar-refractivity contribution in [3.63, 3.8) is 0 Å². The first-order chi connectivity index (χ1) is 15.4. The van der Waals surface area contributed by atoms with Crippen molar-refractivity contribution in [2.45, 2.75) is 11.8 Å². The normalized spacial score (nSPS) is 11.5. The first-order valence-electron chi connectivity index (χ1n) is 9.93. The van der Waals surface area contributed by atoms with Crippen LogP contribution in [0.1, 0.15) is 21.5 Å². The van der Waals surface area contributed by atoms with Gasteiger partial charge in [0.2, 0.25) is 0 Å². The highest BCUT2D eigenvalue weighted by Crippen LogP contribution is 2.18. The fourth-order valence-electron chi connectivity index (χ4n) is 3.21. The Morgan fingerprint density at radius 1 is 0.844 bits per heavy atom. The van der Waals surface area contributed by atoms with Crippen molar-refractivity contribution in [2.24, 2.45) is 5.10 Å². The molecule has 0 saturated carbocycles. The van der Waals surface area contributed by atoms with Gasteiger partial charge in [0.25, 0.3) is 15.9 Å². The van der Waals surface area contributed by atoms with E-state index in [4.69, 9.17) is 0 Å². The number of carbonyl (C=O) groups is 1. The number of carbonyl (C=O) groups excluding carboxylic acids is 1. The molecular formula is C25H21N3O3S. The maximum Gasteiger partial charge on any atom is 0.271 e. The van der Waals surface area contributed by atoms with Crippen LogP contribution in [0.25, 0.3) is 10.8 Å². The predicted octanol–water partition coefficient (Wildman–Crippen LogP) is 4.71. The van der Waals surface area contributed by atoms with Gasteiger partial charge in [0.05, 0.1) is 11.1 Å². The monoisotopic (exact) mass is 443 g/mol. The Labute approximate surface area is 186 Å². The summed E-state index contributed by atoms with van der Waals surface area (Å²) in [5.41, 5.74) is 5.09. The number of aryl methyl sites for hydroxylation is 1. The molecule has 0 atom stereocenters. The van der Waals surface area contributed by atoms with Crippen molar-refractivity contribution < 1.29 is 13.2 Å². The number of anilines is 1. The van der Waals surface area contributed by atoms with Gasteiger partial charge < -0.3 is 0 Å². The summed E-state index contributed by atoms with van der Waals surface area (Å²) in [7, 11) is -3.70. The number of benzene rings is 4. The highest BCUT2D eigenvalue weighted by atomic mass is 32.2. The number of hydrazone groups is 1.